The van der Waals surface area contributed by atoms with Crippen molar-refractivity contribution in [1.82, 2.24) is 10.0 Å². The maximum Gasteiger partial charge on any atom is 0.240 e. The maximum absolute atomic E-state index is 12.0. The molecule has 0 saturated heterocycles. The van der Waals surface area contributed by atoms with Crippen molar-refractivity contribution < 1.29 is 13.2 Å². The van der Waals surface area contributed by atoms with Gasteiger partial charge in [0.15, 0.2) is 0 Å². The van der Waals surface area contributed by atoms with Crippen LogP contribution in [0.2, 0.25) is 0 Å². The molecule has 0 aliphatic rings. The van der Waals surface area contributed by atoms with Gasteiger partial charge in [-0.1, -0.05) is 13.0 Å². The Morgan fingerprint density at radius 1 is 1.22 bits per heavy atom. The summed E-state index contributed by atoms with van der Waals surface area (Å²) in [7, 11) is -3.45. The van der Waals surface area contributed by atoms with Crippen LogP contribution in [0, 0.1) is 0 Å². The Balaban J connectivity index is 2.69. The topological polar surface area (TPSA) is 67.4 Å². The molecule has 18 heavy (non-hydrogen) atoms. The van der Waals surface area contributed by atoms with Gasteiger partial charge >= 0.3 is 0 Å². The Labute approximate surface area is 109 Å². The lowest BCUT2D eigenvalue weighted by Gasteiger charge is -2.09. The molecule has 0 fully saturated rings. The molecule has 0 spiro atoms. The standard InChI is InChI=1S/C12H20N2O3S/c1-3-13-8-9-14-18(15,16)12-7-5-6-11(10-12)17-4-2/h5-7,10,13-14H,3-4,8-9H2,1-2H3. The Morgan fingerprint density at radius 2 is 2.00 bits per heavy atom. The fourth-order valence-electron chi connectivity index (χ4n) is 1.43. The molecule has 1 aromatic rings. The van der Waals surface area contributed by atoms with E-state index in [1.54, 1.807) is 18.2 Å². The summed E-state index contributed by atoms with van der Waals surface area (Å²) in [6, 6.07) is 6.49. The van der Waals surface area contributed by atoms with Crippen LogP contribution in [-0.2, 0) is 10.0 Å². The van der Waals surface area contributed by atoms with E-state index in [0.717, 1.165) is 6.54 Å². The van der Waals surface area contributed by atoms with Gasteiger partial charge in [-0.05, 0) is 25.6 Å². The number of ether oxygens (including phenoxy) is 1. The number of hydrogen-bond acceptors (Lipinski definition) is 4. The van der Waals surface area contributed by atoms with Crippen LogP contribution in [0.15, 0.2) is 29.2 Å². The Hall–Kier alpha value is -1.11. The third-order valence-electron chi connectivity index (χ3n) is 2.27. The van der Waals surface area contributed by atoms with Crippen molar-refractivity contribution in [3.8, 4) is 5.75 Å². The second kappa shape index (κ2) is 7.35. The van der Waals surface area contributed by atoms with Crippen molar-refractivity contribution in [3.05, 3.63) is 24.3 Å². The molecule has 0 aliphatic carbocycles. The maximum atomic E-state index is 12.0. The number of hydrogen-bond donors (Lipinski definition) is 2. The molecule has 0 atom stereocenters. The van der Waals surface area contributed by atoms with Gasteiger partial charge in [-0.15, -0.1) is 0 Å². The van der Waals surface area contributed by atoms with Crippen LogP contribution in [-0.4, -0.2) is 34.7 Å². The number of sulfonamides is 1. The molecule has 0 bridgehead atoms. The van der Waals surface area contributed by atoms with Gasteiger partial charge in [0.05, 0.1) is 11.5 Å². The number of likely N-dealkylation sites (N-methyl/N-ethyl adjacent to an activating group) is 1. The molecule has 102 valence electrons. The van der Waals surface area contributed by atoms with Gasteiger partial charge in [0.25, 0.3) is 0 Å². The molecule has 5 nitrogen and oxygen atoms in total. The molecular formula is C12H20N2O3S. The molecule has 0 radical (unpaired) electrons. The zero-order valence-corrected chi connectivity index (χ0v) is 11.6. The summed E-state index contributed by atoms with van der Waals surface area (Å²) in [5, 5.41) is 3.05. The first-order chi connectivity index (χ1) is 8.60. The highest BCUT2D eigenvalue weighted by atomic mass is 32.2. The summed E-state index contributed by atoms with van der Waals surface area (Å²) >= 11 is 0. The summed E-state index contributed by atoms with van der Waals surface area (Å²) in [5.41, 5.74) is 0. The van der Waals surface area contributed by atoms with Crippen molar-refractivity contribution in [2.75, 3.05) is 26.2 Å². The molecule has 0 heterocycles. The molecule has 0 aromatic heterocycles. The Morgan fingerprint density at radius 3 is 2.67 bits per heavy atom. The van der Waals surface area contributed by atoms with Crippen LogP contribution in [0.4, 0.5) is 0 Å². The van der Waals surface area contributed by atoms with Gasteiger partial charge < -0.3 is 10.1 Å². The van der Waals surface area contributed by atoms with Gasteiger partial charge in [-0.2, -0.15) is 0 Å². The summed E-state index contributed by atoms with van der Waals surface area (Å²) in [5.74, 6) is 0.562. The molecule has 1 aromatic carbocycles. The van der Waals surface area contributed by atoms with Crippen LogP contribution in [0.3, 0.4) is 0 Å². The van der Waals surface area contributed by atoms with E-state index < -0.39 is 10.0 Å². The average molecular weight is 272 g/mol. The summed E-state index contributed by atoms with van der Waals surface area (Å²) in [4.78, 5) is 0.227. The van der Waals surface area contributed by atoms with Crippen LogP contribution < -0.4 is 14.8 Å². The van der Waals surface area contributed by atoms with E-state index in [9.17, 15) is 8.42 Å². The van der Waals surface area contributed by atoms with E-state index in [4.69, 9.17) is 4.74 Å². The molecule has 1 rings (SSSR count). The monoisotopic (exact) mass is 272 g/mol. The van der Waals surface area contributed by atoms with E-state index in [-0.39, 0.29) is 4.90 Å². The highest BCUT2D eigenvalue weighted by molar-refractivity contribution is 7.89. The van der Waals surface area contributed by atoms with Crippen molar-refractivity contribution in [2.24, 2.45) is 0 Å². The fraction of sp³-hybridized carbons (Fsp3) is 0.500. The molecule has 0 saturated carbocycles. The third kappa shape index (κ3) is 4.64. The van der Waals surface area contributed by atoms with Gasteiger partial charge in [-0.25, -0.2) is 13.1 Å². The SMILES string of the molecule is CCNCCNS(=O)(=O)c1cccc(OCC)c1. The Bertz CT molecular complexity index is 460. The minimum Gasteiger partial charge on any atom is -0.494 e. The van der Waals surface area contributed by atoms with Gasteiger partial charge in [-0.3, -0.25) is 0 Å². The summed E-state index contributed by atoms with van der Waals surface area (Å²) in [6.45, 7) is 6.14. The molecular weight excluding hydrogens is 252 g/mol. The molecule has 0 aliphatic heterocycles. The highest BCUT2D eigenvalue weighted by Crippen LogP contribution is 2.17. The number of nitrogens with one attached hydrogen (secondary N) is 2. The van der Waals surface area contributed by atoms with E-state index in [0.29, 0.717) is 25.4 Å². The van der Waals surface area contributed by atoms with E-state index in [1.165, 1.54) is 6.07 Å². The lowest BCUT2D eigenvalue weighted by molar-refractivity contribution is 0.339. The van der Waals surface area contributed by atoms with Crippen molar-refractivity contribution in [3.63, 3.8) is 0 Å². The van der Waals surface area contributed by atoms with E-state index in [2.05, 4.69) is 10.0 Å². The zero-order valence-electron chi connectivity index (χ0n) is 10.8. The third-order valence-corrected chi connectivity index (χ3v) is 3.73. The zero-order chi connectivity index (χ0) is 13.4. The molecule has 2 N–H and O–H groups in total. The van der Waals surface area contributed by atoms with Crippen molar-refractivity contribution in [1.29, 1.82) is 0 Å². The van der Waals surface area contributed by atoms with E-state index in [1.807, 2.05) is 13.8 Å². The predicted molar refractivity (Wildman–Crippen MR) is 71.3 cm³/mol. The minimum absolute atomic E-state index is 0.227. The first-order valence-corrected chi connectivity index (χ1v) is 7.51. The highest BCUT2D eigenvalue weighted by Gasteiger charge is 2.13. The van der Waals surface area contributed by atoms with Crippen LogP contribution in [0.5, 0.6) is 5.75 Å². The van der Waals surface area contributed by atoms with Gasteiger partial charge in [0.1, 0.15) is 5.75 Å². The summed E-state index contributed by atoms with van der Waals surface area (Å²) in [6.07, 6.45) is 0. The van der Waals surface area contributed by atoms with E-state index >= 15 is 0 Å². The largest absolute Gasteiger partial charge is 0.494 e. The average Bonchev–Trinajstić information content (AvgIpc) is 2.36. The predicted octanol–water partition coefficient (Wildman–Crippen LogP) is 0.973. The minimum atomic E-state index is -3.45. The van der Waals surface area contributed by atoms with Gasteiger partial charge in [0.2, 0.25) is 10.0 Å². The van der Waals surface area contributed by atoms with Crippen molar-refractivity contribution >= 4 is 10.0 Å². The van der Waals surface area contributed by atoms with Crippen molar-refractivity contribution in [2.45, 2.75) is 18.7 Å². The number of rotatable bonds is 8. The molecule has 0 unspecified atom stereocenters. The van der Waals surface area contributed by atoms with Crippen LogP contribution in [0.25, 0.3) is 0 Å². The van der Waals surface area contributed by atoms with Crippen LogP contribution >= 0.6 is 0 Å². The second-order valence-electron chi connectivity index (χ2n) is 3.66. The Kier molecular flexibility index (Phi) is 6.11. The van der Waals surface area contributed by atoms with Gasteiger partial charge in [0, 0.05) is 19.2 Å². The first-order valence-electron chi connectivity index (χ1n) is 6.03. The normalized spacial score (nSPS) is 11.4. The second-order valence-corrected chi connectivity index (χ2v) is 5.43. The van der Waals surface area contributed by atoms with Crippen LogP contribution in [0.1, 0.15) is 13.8 Å². The smallest absolute Gasteiger partial charge is 0.240 e. The lowest BCUT2D eigenvalue weighted by Crippen LogP contribution is -2.31. The summed E-state index contributed by atoms with van der Waals surface area (Å²) < 4.78 is 31.7. The fourth-order valence-corrected chi connectivity index (χ4v) is 2.50. The lowest BCUT2D eigenvalue weighted by atomic mass is 10.3. The quantitative estimate of drug-likeness (QED) is 0.692. The molecule has 6 heteroatoms. The number of benzene rings is 1. The molecule has 0 amide bonds. The first kappa shape index (κ1) is 14.9.